The Morgan fingerprint density at radius 3 is 2.62 bits per heavy atom. The van der Waals surface area contributed by atoms with E-state index in [1.807, 2.05) is 23.1 Å². The van der Waals surface area contributed by atoms with Crippen molar-refractivity contribution in [1.29, 1.82) is 0 Å². The summed E-state index contributed by atoms with van der Waals surface area (Å²) < 4.78 is 10.7. The number of carbonyl (C=O) groups excluding carboxylic acids is 1. The highest BCUT2D eigenvalue weighted by atomic mass is 16.7. The molecular formula is C18H21N5O3. The van der Waals surface area contributed by atoms with Crippen LogP contribution in [0.1, 0.15) is 15.9 Å². The number of hydrogen-bond donors (Lipinski definition) is 1. The van der Waals surface area contributed by atoms with Crippen LogP contribution in [0.4, 0.5) is 5.95 Å². The normalized spacial score (nSPS) is 16.6. The van der Waals surface area contributed by atoms with Gasteiger partial charge in [0.1, 0.15) is 0 Å². The number of amides is 1. The van der Waals surface area contributed by atoms with Crippen molar-refractivity contribution in [2.75, 3.05) is 45.3 Å². The number of nitrogens with one attached hydrogen (secondary N) is 1. The Kier molecular flexibility index (Phi) is 4.57. The van der Waals surface area contributed by atoms with Gasteiger partial charge in [0, 0.05) is 45.1 Å². The van der Waals surface area contributed by atoms with Gasteiger partial charge in [-0.05, 0) is 24.7 Å². The minimum atomic E-state index is -0.0135. The monoisotopic (exact) mass is 355 g/mol. The number of ether oxygens (including phenoxy) is 2. The smallest absolute Gasteiger partial charge is 0.257 e. The van der Waals surface area contributed by atoms with Crippen LogP contribution in [0.25, 0.3) is 0 Å². The van der Waals surface area contributed by atoms with Crippen molar-refractivity contribution >= 4 is 11.9 Å². The van der Waals surface area contributed by atoms with Crippen molar-refractivity contribution in [2.45, 2.75) is 6.54 Å². The van der Waals surface area contributed by atoms with Crippen LogP contribution in [0.2, 0.25) is 0 Å². The summed E-state index contributed by atoms with van der Waals surface area (Å²) >= 11 is 0. The number of benzene rings is 1. The van der Waals surface area contributed by atoms with Gasteiger partial charge >= 0.3 is 0 Å². The van der Waals surface area contributed by atoms with Crippen molar-refractivity contribution in [2.24, 2.45) is 0 Å². The molecule has 26 heavy (non-hydrogen) atoms. The van der Waals surface area contributed by atoms with Crippen molar-refractivity contribution < 1.29 is 14.3 Å². The predicted molar refractivity (Wildman–Crippen MR) is 95.3 cm³/mol. The van der Waals surface area contributed by atoms with Gasteiger partial charge in [0.15, 0.2) is 11.5 Å². The van der Waals surface area contributed by atoms with Crippen LogP contribution in [-0.4, -0.2) is 65.7 Å². The van der Waals surface area contributed by atoms with Crippen molar-refractivity contribution in [1.82, 2.24) is 19.8 Å². The van der Waals surface area contributed by atoms with Crippen molar-refractivity contribution in [3.8, 4) is 11.5 Å². The van der Waals surface area contributed by atoms with E-state index in [-0.39, 0.29) is 12.7 Å². The third-order valence-corrected chi connectivity index (χ3v) is 4.58. The second-order valence-electron chi connectivity index (χ2n) is 6.43. The molecule has 0 aliphatic carbocycles. The molecule has 1 amide bonds. The van der Waals surface area contributed by atoms with Gasteiger partial charge < -0.3 is 24.6 Å². The Morgan fingerprint density at radius 2 is 1.85 bits per heavy atom. The summed E-state index contributed by atoms with van der Waals surface area (Å²) in [5.41, 5.74) is 1.55. The zero-order valence-electron chi connectivity index (χ0n) is 14.6. The maximum absolute atomic E-state index is 12.5. The summed E-state index contributed by atoms with van der Waals surface area (Å²) in [5.74, 6) is 1.98. The van der Waals surface area contributed by atoms with Crippen LogP contribution in [0.15, 0.2) is 30.6 Å². The molecule has 0 saturated carbocycles. The summed E-state index contributed by atoms with van der Waals surface area (Å²) in [6.07, 6.45) is 3.16. The van der Waals surface area contributed by atoms with E-state index in [9.17, 15) is 4.79 Å². The van der Waals surface area contributed by atoms with Crippen LogP contribution >= 0.6 is 0 Å². The van der Waals surface area contributed by atoms with Crippen molar-refractivity contribution in [3.05, 3.63) is 41.7 Å². The molecule has 2 aliphatic heterocycles. The SMILES string of the molecule is CN1CCN(C(=O)c2cnc(NCc3ccc4c(c3)OCO4)nc2)CC1. The fraction of sp³-hybridized carbons (Fsp3) is 0.389. The molecule has 8 nitrogen and oxygen atoms in total. The van der Waals surface area contributed by atoms with Crippen molar-refractivity contribution in [3.63, 3.8) is 0 Å². The van der Waals surface area contributed by atoms with Gasteiger partial charge in [-0.3, -0.25) is 4.79 Å². The number of nitrogens with zero attached hydrogens (tertiary/aromatic N) is 4. The van der Waals surface area contributed by atoms with E-state index in [1.165, 1.54) is 0 Å². The van der Waals surface area contributed by atoms with Crippen LogP contribution in [0, 0.1) is 0 Å². The number of fused-ring (bicyclic) bond motifs is 1. The number of anilines is 1. The van der Waals surface area contributed by atoms with Gasteiger partial charge in [-0.2, -0.15) is 0 Å². The van der Waals surface area contributed by atoms with E-state index in [4.69, 9.17) is 9.47 Å². The average Bonchev–Trinajstić information content (AvgIpc) is 3.15. The number of rotatable bonds is 4. The minimum absolute atomic E-state index is 0.0135. The van der Waals surface area contributed by atoms with Gasteiger partial charge in [0.2, 0.25) is 12.7 Å². The van der Waals surface area contributed by atoms with Crippen LogP contribution in [0.3, 0.4) is 0 Å². The number of carbonyl (C=O) groups is 1. The Hall–Kier alpha value is -2.87. The van der Waals surface area contributed by atoms with Gasteiger partial charge in [-0.15, -0.1) is 0 Å². The first kappa shape index (κ1) is 16.6. The van der Waals surface area contributed by atoms with E-state index < -0.39 is 0 Å². The summed E-state index contributed by atoms with van der Waals surface area (Å²) in [5, 5.41) is 3.15. The average molecular weight is 355 g/mol. The lowest BCUT2D eigenvalue weighted by molar-refractivity contribution is 0.0663. The Labute approximate surface area is 151 Å². The Balaban J connectivity index is 1.35. The molecule has 1 saturated heterocycles. The van der Waals surface area contributed by atoms with E-state index in [2.05, 4.69) is 27.2 Å². The molecule has 2 aliphatic rings. The van der Waals surface area contributed by atoms with Gasteiger partial charge in [0.25, 0.3) is 5.91 Å². The summed E-state index contributed by atoms with van der Waals surface area (Å²) in [4.78, 5) is 25.1. The maximum atomic E-state index is 12.5. The fourth-order valence-electron chi connectivity index (χ4n) is 2.95. The molecule has 0 spiro atoms. The highest BCUT2D eigenvalue weighted by Gasteiger charge is 2.21. The molecule has 1 fully saturated rings. The third kappa shape index (κ3) is 3.55. The van der Waals surface area contributed by atoms with E-state index in [1.54, 1.807) is 12.4 Å². The van der Waals surface area contributed by atoms with Gasteiger partial charge in [-0.25, -0.2) is 9.97 Å². The first-order valence-corrected chi connectivity index (χ1v) is 8.61. The molecule has 8 heteroatoms. The number of aromatic nitrogens is 2. The zero-order chi connectivity index (χ0) is 17.9. The Morgan fingerprint density at radius 1 is 1.12 bits per heavy atom. The largest absolute Gasteiger partial charge is 0.454 e. The van der Waals surface area contributed by atoms with Crippen LogP contribution in [-0.2, 0) is 6.54 Å². The molecule has 0 bridgehead atoms. The molecule has 0 radical (unpaired) electrons. The van der Waals surface area contributed by atoms with E-state index in [0.717, 1.165) is 43.2 Å². The quantitative estimate of drug-likeness (QED) is 0.883. The topological polar surface area (TPSA) is 79.8 Å². The molecule has 4 rings (SSSR count). The maximum Gasteiger partial charge on any atom is 0.257 e. The van der Waals surface area contributed by atoms with Gasteiger partial charge in [0.05, 0.1) is 5.56 Å². The lowest BCUT2D eigenvalue weighted by Crippen LogP contribution is -2.47. The van der Waals surface area contributed by atoms with Crippen LogP contribution < -0.4 is 14.8 Å². The second kappa shape index (κ2) is 7.17. The first-order chi connectivity index (χ1) is 12.7. The molecule has 3 heterocycles. The third-order valence-electron chi connectivity index (χ3n) is 4.58. The highest BCUT2D eigenvalue weighted by Crippen LogP contribution is 2.32. The first-order valence-electron chi connectivity index (χ1n) is 8.61. The van der Waals surface area contributed by atoms with Crippen LogP contribution in [0.5, 0.6) is 11.5 Å². The number of likely N-dealkylation sites (N-methyl/N-ethyl adjacent to an activating group) is 1. The number of hydrogen-bond acceptors (Lipinski definition) is 7. The molecule has 1 aromatic heterocycles. The standard InChI is InChI=1S/C18H21N5O3/c1-22-4-6-23(7-5-22)17(24)14-10-20-18(21-11-14)19-9-13-2-3-15-16(8-13)26-12-25-15/h2-3,8,10-11H,4-7,9,12H2,1H3,(H,19,20,21). The molecule has 0 atom stereocenters. The Bertz CT molecular complexity index is 788. The second-order valence-corrected chi connectivity index (χ2v) is 6.43. The molecular weight excluding hydrogens is 334 g/mol. The lowest BCUT2D eigenvalue weighted by atomic mass is 10.2. The molecule has 0 unspecified atom stereocenters. The summed E-state index contributed by atoms with van der Waals surface area (Å²) in [6, 6.07) is 5.78. The molecule has 2 aromatic rings. The van der Waals surface area contributed by atoms with Gasteiger partial charge in [-0.1, -0.05) is 6.07 Å². The fourth-order valence-corrected chi connectivity index (χ4v) is 2.95. The zero-order valence-corrected chi connectivity index (χ0v) is 14.6. The lowest BCUT2D eigenvalue weighted by Gasteiger charge is -2.32. The van der Waals surface area contributed by atoms with E-state index in [0.29, 0.717) is 18.1 Å². The molecule has 1 N–H and O–H groups in total. The summed E-state index contributed by atoms with van der Waals surface area (Å²) in [7, 11) is 2.06. The summed E-state index contributed by atoms with van der Waals surface area (Å²) in [6.45, 7) is 4.07. The molecule has 1 aromatic carbocycles. The highest BCUT2D eigenvalue weighted by molar-refractivity contribution is 5.93. The molecule has 136 valence electrons. The minimum Gasteiger partial charge on any atom is -0.454 e. The number of piperazine rings is 1. The predicted octanol–water partition coefficient (Wildman–Crippen LogP) is 1.20. The van der Waals surface area contributed by atoms with E-state index >= 15 is 0 Å².